The van der Waals surface area contributed by atoms with Crippen LogP contribution < -0.4 is 0 Å². The second kappa shape index (κ2) is 3.77. The lowest BCUT2D eigenvalue weighted by atomic mass is 10.3. The zero-order chi connectivity index (χ0) is 8.27. The Balaban J connectivity index is 2.77. The normalized spacial score (nSPS) is 10.5. The van der Waals surface area contributed by atoms with Gasteiger partial charge in [-0.2, -0.15) is 5.10 Å². The van der Waals surface area contributed by atoms with Gasteiger partial charge >= 0.3 is 0 Å². The minimum Gasteiger partial charge on any atom is -0.271 e. The van der Waals surface area contributed by atoms with E-state index in [1.807, 2.05) is 10.9 Å². The molecular weight excluding hydrogens is 160 g/mol. The van der Waals surface area contributed by atoms with Crippen molar-refractivity contribution in [2.75, 3.05) is 0 Å². The fourth-order valence-corrected chi connectivity index (χ4v) is 1.30. The van der Waals surface area contributed by atoms with Gasteiger partial charge in [-0.25, -0.2) is 0 Å². The van der Waals surface area contributed by atoms with Crippen molar-refractivity contribution in [3.05, 3.63) is 16.9 Å². The average molecular weight is 173 g/mol. The summed E-state index contributed by atoms with van der Waals surface area (Å²) in [5.74, 6) is 0. The molecule has 1 aromatic heterocycles. The lowest BCUT2D eigenvalue weighted by molar-refractivity contribution is 0.602. The van der Waals surface area contributed by atoms with E-state index in [-0.39, 0.29) is 0 Å². The van der Waals surface area contributed by atoms with Gasteiger partial charge in [-0.3, -0.25) is 4.68 Å². The maximum atomic E-state index is 5.85. The number of rotatable bonds is 3. The van der Waals surface area contributed by atoms with Gasteiger partial charge < -0.3 is 0 Å². The van der Waals surface area contributed by atoms with Crippen LogP contribution >= 0.6 is 11.6 Å². The highest BCUT2D eigenvalue weighted by atomic mass is 35.5. The minimum atomic E-state index is 0.654. The highest BCUT2D eigenvalue weighted by Gasteiger charge is 2.02. The third-order valence-electron chi connectivity index (χ3n) is 1.62. The topological polar surface area (TPSA) is 17.8 Å². The molecule has 0 saturated heterocycles. The molecule has 3 heteroatoms. The standard InChI is InChI=1S/C8H13ClN2/c1-3-5-11-6-7(4-2)8(9)10-11/h6H,3-5H2,1-2H3. The van der Waals surface area contributed by atoms with Gasteiger partial charge in [0.15, 0.2) is 5.15 Å². The van der Waals surface area contributed by atoms with Crippen LogP contribution in [0.2, 0.25) is 5.15 Å². The lowest BCUT2D eigenvalue weighted by Gasteiger charge is -1.93. The van der Waals surface area contributed by atoms with E-state index < -0.39 is 0 Å². The molecule has 11 heavy (non-hydrogen) atoms. The van der Waals surface area contributed by atoms with Crippen molar-refractivity contribution < 1.29 is 0 Å². The van der Waals surface area contributed by atoms with Crippen LogP contribution in [0.5, 0.6) is 0 Å². The van der Waals surface area contributed by atoms with E-state index in [4.69, 9.17) is 11.6 Å². The molecule has 0 fully saturated rings. The predicted octanol–water partition coefficient (Wildman–Crippen LogP) is 2.51. The molecule has 0 atom stereocenters. The first-order valence-corrected chi connectivity index (χ1v) is 4.37. The first-order chi connectivity index (χ1) is 5.27. The molecule has 62 valence electrons. The van der Waals surface area contributed by atoms with Crippen LogP contribution in [0.3, 0.4) is 0 Å². The van der Waals surface area contributed by atoms with Gasteiger partial charge in [0.05, 0.1) is 0 Å². The van der Waals surface area contributed by atoms with E-state index in [0.717, 1.165) is 24.9 Å². The number of aryl methyl sites for hydroxylation is 2. The van der Waals surface area contributed by atoms with Crippen LogP contribution in [0, 0.1) is 0 Å². The first kappa shape index (κ1) is 8.60. The molecule has 0 aliphatic rings. The van der Waals surface area contributed by atoms with Gasteiger partial charge in [0.25, 0.3) is 0 Å². The molecular formula is C8H13ClN2. The third kappa shape index (κ3) is 1.96. The Kier molecular flexibility index (Phi) is 2.94. The lowest BCUT2D eigenvalue weighted by Crippen LogP contribution is -1.95. The van der Waals surface area contributed by atoms with Crippen LogP contribution in [-0.2, 0) is 13.0 Å². The summed E-state index contributed by atoms with van der Waals surface area (Å²) in [7, 11) is 0. The van der Waals surface area contributed by atoms with Crippen LogP contribution in [0.25, 0.3) is 0 Å². The molecule has 1 heterocycles. The van der Waals surface area contributed by atoms with Crippen molar-refractivity contribution in [3.8, 4) is 0 Å². The average Bonchev–Trinajstić information content (AvgIpc) is 2.32. The fraction of sp³-hybridized carbons (Fsp3) is 0.625. The monoisotopic (exact) mass is 172 g/mol. The third-order valence-corrected chi connectivity index (χ3v) is 1.94. The van der Waals surface area contributed by atoms with E-state index in [0.29, 0.717) is 5.15 Å². The summed E-state index contributed by atoms with van der Waals surface area (Å²) in [6.07, 6.45) is 4.08. The minimum absolute atomic E-state index is 0.654. The molecule has 0 unspecified atom stereocenters. The molecule has 2 nitrogen and oxygen atoms in total. The molecule has 0 amide bonds. The first-order valence-electron chi connectivity index (χ1n) is 3.99. The van der Waals surface area contributed by atoms with Gasteiger partial charge in [0.2, 0.25) is 0 Å². The summed E-state index contributed by atoms with van der Waals surface area (Å²) in [6.45, 7) is 5.17. The number of halogens is 1. The molecule has 0 bridgehead atoms. The Bertz CT molecular complexity index is 230. The van der Waals surface area contributed by atoms with Gasteiger partial charge in [-0.05, 0) is 12.8 Å². The SMILES string of the molecule is CCCn1cc(CC)c(Cl)n1. The Labute approximate surface area is 72.2 Å². The maximum Gasteiger partial charge on any atom is 0.154 e. The Hall–Kier alpha value is -0.500. The molecule has 0 aliphatic heterocycles. The molecule has 0 aromatic carbocycles. The summed E-state index contributed by atoms with van der Waals surface area (Å²) in [5.41, 5.74) is 1.14. The number of hydrogen-bond acceptors (Lipinski definition) is 1. The number of hydrogen-bond donors (Lipinski definition) is 0. The molecule has 0 N–H and O–H groups in total. The zero-order valence-electron chi connectivity index (χ0n) is 6.97. The number of nitrogens with zero attached hydrogens (tertiary/aromatic N) is 2. The zero-order valence-corrected chi connectivity index (χ0v) is 7.73. The molecule has 0 spiro atoms. The van der Waals surface area contributed by atoms with Gasteiger partial charge in [-0.1, -0.05) is 25.4 Å². The van der Waals surface area contributed by atoms with Crippen LogP contribution in [0.1, 0.15) is 25.8 Å². The second-order valence-electron chi connectivity index (χ2n) is 2.56. The Morgan fingerprint density at radius 1 is 1.55 bits per heavy atom. The van der Waals surface area contributed by atoms with Crippen molar-refractivity contribution in [2.24, 2.45) is 0 Å². The number of aromatic nitrogens is 2. The highest BCUT2D eigenvalue weighted by Crippen LogP contribution is 2.13. The molecule has 1 rings (SSSR count). The summed E-state index contributed by atoms with van der Waals surface area (Å²) in [4.78, 5) is 0. The van der Waals surface area contributed by atoms with Crippen LogP contribution in [0.4, 0.5) is 0 Å². The van der Waals surface area contributed by atoms with E-state index in [1.165, 1.54) is 0 Å². The smallest absolute Gasteiger partial charge is 0.154 e. The molecule has 0 saturated carbocycles. The van der Waals surface area contributed by atoms with E-state index in [1.54, 1.807) is 0 Å². The van der Waals surface area contributed by atoms with Crippen LogP contribution in [-0.4, -0.2) is 9.78 Å². The van der Waals surface area contributed by atoms with E-state index in [2.05, 4.69) is 18.9 Å². The summed E-state index contributed by atoms with van der Waals surface area (Å²) in [6, 6.07) is 0. The molecule has 0 aliphatic carbocycles. The van der Waals surface area contributed by atoms with Crippen LogP contribution in [0.15, 0.2) is 6.20 Å². The molecule has 0 radical (unpaired) electrons. The fourth-order valence-electron chi connectivity index (χ4n) is 1.02. The predicted molar refractivity (Wildman–Crippen MR) is 46.9 cm³/mol. The highest BCUT2D eigenvalue weighted by molar-refractivity contribution is 6.30. The van der Waals surface area contributed by atoms with Gasteiger partial charge in [0, 0.05) is 18.3 Å². The molecule has 1 aromatic rings. The van der Waals surface area contributed by atoms with Crippen molar-refractivity contribution in [1.29, 1.82) is 0 Å². The van der Waals surface area contributed by atoms with E-state index in [9.17, 15) is 0 Å². The largest absolute Gasteiger partial charge is 0.271 e. The van der Waals surface area contributed by atoms with Gasteiger partial charge in [0.1, 0.15) is 0 Å². The Morgan fingerprint density at radius 3 is 2.73 bits per heavy atom. The summed E-state index contributed by atoms with van der Waals surface area (Å²) < 4.78 is 1.90. The maximum absolute atomic E-state index is 5.85. The van der Waals surface area contributed by atoms with Gasteiger partial charge in [-0.15, -0.1) is 0 Å². The summed E-state index contributed by atoms with van der Waals surface area (Å²) >= 11 is 5.85. The van der Waals surface area contributed by atoms with E-state index >= 15 is 0 Å². The second-order valence-corrected chi connectivity index (χ2v) is 2.92. The summed E-state index contributed by atoms with van der Waals surface area (Å²) in [5, 5.41) is 4.81. The Morgan fingerprint density at radius 2 is 2.27 bits per heavy atom. The van der Waals surface area contributed by atoms with Crippen molar-refractivity contribution in [2.45, 2.75) is 33.2 Å². The van der Waals surface area contributed by atoms with Crippen molar-refractivity contribution >= 4 is 11.6 Å². The van der Waals surface area contributed by atoms with Crippen molar-refractivity contribution in [1.82, 2.24) is 9.78 Å². The quantitative estimate of drug-likeness (QED) is 0.685. The van der Waals surface area contributed by atoms with Crippen molar-refractivity contribution in [3.63, 3.8) is 0 Å².